The van der Waals surface area contributed by atoms with E-state index >= 15 is 0 Å². The van der Waals surface area contributed by atoms with Crippen LogP contribution in [0.15, 0.2) is 52.1 Å². The molecule has 3 aromatic rings. The SMILES string of the molecule is Cc1nocc1C(=O)N1CCC(CC(=O)Nc2ccc3cc2CCC2C=NC=C(C2)Nc2ncc(Cl)c(n2)N3)CC1. The monoisotopic (exact) mass is 574 g/mol. The van der Waals surface area contributed by atoms with E-state index in [1.54, 1.807) is 19.3 Å². The maximum Gasteiger partial charge on any atom is 0.259 e. The molecule has 2 aromatic heterocycles. The summed E-state index contributed by atoms with van der Waals surface area (Å²) in [5.41, 5.74) is 4.67. The van der Waals surface area contributed by atoms with E-state index < -0.39 is 0 Å². The van der Waals surface area contributed by atoms with E-state index in [2.05, 4.69) is 36.1 Å². The van der Waals surface area contributed by atoms with Crippen molar-refractivity contribution in [3.05, 3.63) is 64.4 Å². The highest BCUT2D eigenvalue weighted by atomic mass is 35.5. The van der Waals surface area contributed by atoms with Gasteiger partial charge in [0.2, 0.25) is 11.9 Å². The molecule has 3 aliphatic heterocycles. The van der Waals surface area contributed by atoms with Crippen molar-refractivity contribution < 1.29 is 14.1 Å². The summed E-state index contributed by atoms with van der Waals surface area (Å²) < 4.78 is 4.92. The molecule has 2 amide bonds. The molecule has 212 valence electrons. The third-order valence-electron chi connectivity index (χ3n) is 7.81. The lowest BCUT2D eigenvalue weighted by atomic mass is 9.92. The Kier molecular flexibility index (Phi) is 7.69. The normalized spacial score (nSPS) is 18.6. The van der Waals surface area contributed by atoms with Gasteiger partial charge < -0.3 is 25.4 Å². The Morgan fingerprint density at radius 3 is 2.85 bits per heavy atom. The number of likely N-dealkylation sites (tertiary alicyclic amines) is 1. The number of carbonyl (C=O) groups is 2. The first-order valence-corrected chi connectivity index (χ1v) is 14.2. The Balaban J connectivity index is 1.13. The quantitative estimate of drug-likeness (QED) is 0.379. The van der Waals surface area contributed by atoms with Gasteiger partial charge in [-0.3, -0.25) is 14.6 Å². The minimum atomic E-state index is -0.0683. The van der Waals surface area contributed by atoms with Crippen LogP contribution >= 0.6 is 11.6 Å². The number of allylic oxidation sites excluding steroid dienone is 1. The molecule has 1 unspecified atom stereocenters. The molecule has 5 heterocycles. The molecule has 0 aliphatic carbocycles. The Morgan fingerprint density at radius 2 is 2.05 bits per heavy atom. The number of nitrogens with zero attached hydrogens (tertiary/aromatic N) is 5. The number of anilines is 4. The van der Waals surface area contributed by atoms with E-state index in [-0.39, 0.29) is 23.7 Å². The van der Waals surface area contributed by atoms with Crippen molar-refractivity contribution in [3.8, 4) is 0 Å². The van der Waals surface area contributed by atoms with Gasteiger partial charge in [0.05, 0.1) is 11.9 Å². The van der Waals surface area contributed by atoms with Crippen molar-refractivity contribution in [2.75, 3.05) is 29.0 Å². The number of piperidine rings is 1. The van der Waals surface area contributed by atoms with Gasteiger partial charge in [0.1, 0.15) is 16.8 Å². The fourth-order valence-corrected chi connectivity index (χ4v) is 5.65. The Bertz CT molecular complexity index is 1530. The summed E-state index contributed by atoms with van der Waals surface area (Å²) in [5.74, 6) is 1.30. The second kappa shape index (κ2) is 11.7. The van der Waals surface area contributed by atoms with E-state index in [0.717, 1.165) is 54.7 Å². The molecule has 0 radical (unpaired) electrons. The second-order valence-electron chi connectivity index (χ2n) is 10.8. The average Bonchev–Trinajstić information content (AvgIpc) is 3.40. The van der Waals surface area contributed by atoms with E-state index in [4.69, 9.17) is 16.1 Å². The summed E-state index contributed by atoms with van der Waals surface area (Å²) in [7, 11) is 0. The van der Waals surface area contributed by atoms with Gasteiger partial charge in [-0.1, -0.05) is 16.8 Å². The van der Waals surface area contributed by atoms with Crippen LogP contribution in [0.2, 0.25) is 5.02 Å². The van der Waals surface area contributed by atoms with Crippen molar-refractivity contribution >= 4 is 52.8 Å². The second-order valence-corrected chi connectivity index (χ2v) is 11.2. The fraction of sp³-hybridized carbons (Fsp3) is 0.379. The number of halogens is 1. The Hall–Kier alpha value is -4.25. The minimum absolute atomic E-state index is 0.0262. The maximum absolute atomic E-state index is 13.2. The predicted octanol–water partition coefficient (Wildman–Crippen LogP) is 5.34. The highest BCUT2D eigenvalue weighted by molar-refractivity contribution is 6.32. The van der Waals surface area contributed by atoms with E-state index in [0.29, 0.717) is 47.6 Å². The molecule has 1 aromatic carbocycles. The molecule has 6 bridgehead atoms. The molecule has 3 N–H and O–H groups in total. The molecule has 12 heteroatoms. The lowest BCUT2D eigenvalue weighted by Gasteiger charge is -2.31. The lowest BCUT2D eigenvalue weighted by molar-refractivity contribution is -0.117. The molecular weight excluding hydrogens is 544 g/mol. The van der Waals surface area contributed by atoms with Crippen molar-refractivity contribution in [1.82, 2.24) is 20.0 Å². The average molecular weight is 575 g/mol. The molecule has 1 fully saturated rings. The molecule has 0 spiro atoms. The number of aryl methyl sites for hydroxylation is 2. The molecule has 6 rings (SSSR count). The van der Waals surface area contributed by atoms with Gasteiger partial charge >= 0.3 is 0 Å². The van der Waals surface area contributed by atoms with Crippen LogP contribution in [0, 0.1) is 18.8 Å². The third kappa shape index (κ3) is 6.25. The van der Waals surface area contributed by atoms with Gasteiger partial charge in [-0.15, -0.1) is 0 Å². The Morgan fingerprint density at radius 1 is 1.20 bits per heavy atom. The molecule has 11 nitrogen and oxygen atoms in total. The van der Waals surface area contributed by atoms with Crippen LogP contribution in [-0.4, -0.2) is 51.1 Å². The summed E-state index contributed by atoms with van der Waals surface area (Å²) in [6, 6.07) is 5.86. The first-order chi connectivity index (χ1) is 19.9. The van der Waals surface area contributed by atoms with Crippen LogP contribution in [0.4, 0.5) is 23.1 Å². The van der Waals surface area contributed by atoms with Crippen LogP contribution in [0.5, 0.6) is 0 Å². The van der Waals surface area contributed by atoms with E-state index in [1.165, 1.54) is 6.26 Å². The van der Waals surface area contributed by atoms with Gasteiger partial charge in [0.25, 0.3) is 5.91 Å². The number of nitrogens with one attached hydrogen (secondary N) is 3. The summed E-state index contributed by atoms with van der Waals surface area (Å²) in [5, 5.41) is 13.9. The molecule has 41 heavy (non-hydrogen) atoms. The van der Waals surface area contributed by atoms with Gasteiger partial charge in [-0.05, 0) is 68.7 Å². The van der Waals surface area contributed by atoms with Crippen LogP contribution in [0.25, 0.3) is 0 Å². The number of hydrogen-bond acceptors (Lipinski definition) is 9. The van der Waals surface area contributed by atoms with Gasteiger partial charge in [0.15, 0.2) is 5.82 Å². The summed E-state index contributed by atoms with van der Waals surface area (Å²) in [6.45, 7) is 2.97. The first kappa shape index (κ1) is 26.9. The van der Waals surface area contributed by atoms with Crippen LogP contribution < -0.4 is 16.0 Å². The van der Waals surface area contributed by atoms with Crippen molar-refractivity contribution in [2.45, 2.75) is 45.4 Å². The number of carbonyl (C=O) groups excluding carboxylic acids is 2. The number of hydrogen-bond donors (Lipinski definition) is 3. The topological polar surface area (TPSA) is 138 Å². The van der Waals surface area contributed by atoms with Crippen molar-refractivity contribution in [1.29, 1.82) is 0 Å². The molecule has 0 saturated carbocycles. The van der Waals surface area contributed by atoms with Gasteiger partial charge in [0, 0.05) is 54.9 Å². The first-order valence-electron chi connectivity index (χ1n) is 13.8. The predicted molar refractivity (Wildman–Crippen MR) is 157 cm³/mol. The summed E-state index contributed by atoms with van der Waals surface area (Å²) in [4.78, 5) is 41.0. The number of benzene rings is 1. The number of aromatic nitrogens is 3. The maximum atomic E-state index is 13.2. The van der Waals surface area contributed by atoms with Gasteiger partial charge in [-0.25, -0.2) is 4.98 Å². The zero-order valence-electron chi connectivity index (χ0n) is 22.7. The summed E-state index contributed by atoms with van der Waals surface area (Å²) >= 11 is 6.38. The smallest absolute Gasteiger partial charge is 0.259 e. The minimum Gasteiger partial charge on any atom is -0.364 e. The van der Waals surface area contributed by atoms with Crippen molar-refractivity contribution in [2.24, 2.45) is 16.8 Å². The molecule has 3 aliphatic rings. The van der Waals surface area contributed by atoms with Crippen LogP contribution in [-0.2, 0) is 11.2 Å². The number of rotatable bonds is 4. The Labute approximate surface area is 242 Å². The van der Waals surface area contributed by atoms with E-state index in [1.807, 2.05) is 29.3 Å². The molecular formula is C29H31ClN8O3. The standard InChI is InChI=1S/C29H31ClN8O3/c1-17-23(16-41-37-17)28(40)38-8-6-18(7-9-38)11-26(39)35-25-5-4-21-12-20(25)3-2-19-10-22(14-31-13-19)34-29-32-15-24(30)27(33-21)36-29/h4-5,12-16,18-19H,2-3,6-11H2,1H3,(H,35,39)(H2,32,33,34,36). The summed E-state index contributed by atoms with van der Waals surface area (Å²) in [6.07, 6.45) is 11.1. The zero-order valence-corrected chi connectivity index (χ0v) is 23.4. The van der Waals surface area contributed by atoms with Crippen molar-refractivity contribution in [3.63, 3.8) is 0 Å². The molecule has 1 atom stereocenters. The lowest BCUT2D eigenvalue weighted by Crippen LogP contribution is -2.39. The number of aliphatic imine (C=N–C) groups is 1. The van der Waals surface area contributed by atoms with E-state index in [9.17, 15) is 9.59 Å². The number of fused-ring (bicyclic) bond motifs is 6. The highest BCUT2D eigenvalue weighted by Crippen LogP contribution is 2.31. The van der Waals surface area contributed by atoms with Gasteiger partial charge in [-0.2, -0.15) is 4.98 Å². The fourth-order valence-electron chi connectivity index (χ4n) is 5.51. The van der Waals surface area contributed by atoms with Crippen LogP contribution in [0.3, 0.4) is 0 Å². The molecule has 1 saturated heterocycles. The van der Waals surface area contributed by atoms with Crippen LogP contribution in [0.1, 0.15) is 53.7 Å². The largest absolute Gasteiger partial charge is 0.364 e. The highest BCUT2D eigenvalue weighted by Gasteiger charge is 2.27. The third-order valence-corrected chi connectivity index (χ3v) is 8.09. The zero-order chi connectivity index (χ0) is 28.3. The number of amides is 2.